The average molecular weight is 301 g/mol. The van der Waals surface area contributed by atoms with E-state index in [1.54, 1.807) is 24.1 Å². The summed E-state index contributed by atoms with van der Waals surface area (Å²) in [7, 11) is 1.57. The minimum Gasteiger partial charge on any atom is -0.395 e. The second-order valence-electron chi connectivity index (χ2n) is 4.22. The molecule has 20 heavy (non-hydrogen) atoms. The Morgan fingerprint density at radius 3 is 2.65 bits per heavy atom. The van der Waals surface area contributed by atoms with Crippen LogP contribution in [0.5, 0.6) is 0 Å². The van der Waals surface area contributed by atoms with E-state index in [2.05, 4.69) is 0 Å². The number of thioether (sulfide) groups is 1. The highest BCUT2D eigenvalue weighted by molar-refractivity contribution is 7.99. The number of nitrogens with zero attached hydrogens (tertiary/aromatic N) is 1. The molecule has 1 amide bonds. The number of benzene rings is 1. The number of carbonyl (C=O) groups excluding carboxylic acids is 1. The largest absolute Gasteiger partial charge is 0.395 e. The van der Waals surface area contributed by atoms with Gasteiger partial charge in [0.05, 0.1) is 19.0 Å². The predicted octanol–water partition coefficient (Wildman–Crippen LogP) is 1.53. The van der Waals surface area contributed by atoms with Gasteiger partial charge in [-0.15, -0.1) is 11.8 Å². The topological polar surface area (TPSA) is 49.8 Å². The molecule has 0 fully saturated rings. The standard InChI is InChI=1S/C14H20FNO3S/c1-19-9-7-16(6-8-17)14(18)11-20-10-12-2-4-13(15)5-3-12/h2-5,17H,6-11H2,1H3. The van der Waals surface area contributed by atoms with Crippen molar-refractivity contribution in [2.75, 3.05) is 39.2 Å². The summed E-state index contributed by atoms with van der Waals surface area (Å²) in [6.07, 6.45) is 0. The maximum absolute atomic E-state index is 12.7. The monoisotopic (exact) mass is 301 g/mol. The number of amides is 1. The predicted molar refractivity (Wildman–Crippen MR) is 78.1 cm³/mol. The number of hydrogen-bond donors (Lipinski definition) is 1. The van der Waals surface area contributed by atoms with E-state index < -0.39 is 0 Å². The van der Waals surface area contributed by atoms with E-state index in [4.69, 9.17) is 9.84 Å². The van der Waals surface area contributed by atoms with Gasteiger partial charge in [-0.05, 0) is 17.7 Å². The Labute approximate surface area is 122 Å². The summed E-state index contributed by atoms with van der Waals surface area (Å²) in [5, 5.41) is 8.94. The molecule has 0 unspecified atom stereocenters. The van der Waals surface area contributed by atoms with Gasteiger partial charge < -0.3 is 14.7 Å². The molecule has 1 aromatic carbocycles. The Morgan fingerprint density at radius 2 is 2.05 bits per heavy atom. The third-order valence-electron chi connectivity index (χ3n) is 2.70. The Morgan fingerprint density at radius 1 is 1.35 bits per heavy atom. The molecule has 0 bridgehead atoms. The minimum absolute atomic E-state index is 0.0248. The first-order valence-electron chi connectivity index (χ1n) is 6.37. The van der Waals surface area contributed by atoms with Crippen LogP contribution in [-0.2, 0) is 15.3 Å². The molecule has 1 rings (SSSR count). The van der Waals surface area contributed by atoms with Crippen LogP contribution in [0.1, 0.15) is 5.56 Å². The molecule has 0 aromatic heterocycles. The smallest absolute Gasteiger partial charge is 0.232 e. The molecule has 0 saturated heterocycles. The van der Waals surface area contributed by atoms with Crippen LogP contribution >= 0.6 is 11.8 Å². The van der Waals surface area contributed by atoms with Crippen LogP contribution in [-0.4, -0.2) is 55.1 Å². The van der Waals surface area contributed by atoms with Gasteiger partial charge in [-0.2, -0.15) is 0 Å². The molecule has 0 spiro atoms. The van der Waals surface area contributed by atoms with Crippen molar-refractivity contribution in [3.63, 3.8) is 0 Å². The summed E-state index contributed by atoms with van der Waals surface area (Å²) < 4.78 is 17.7. The number of halogens is 1. The van der Waals surface area contributed by atoms with E-state index in [1.165, 1.54) is 23.9 Å². The lowest BCUT2D eigenvalue weighted by Gasteiger charge is -2.21. The van der Waals surface area contributed by atoms with E-state index in [0.29, 0.717) is 31.2 Å². The highest BCUT2D eigenvalue weighted by atomic mass is 32.2. The molecule has 0 aliphatic carbocycles. The summed E-state index contributed by atoms with van der Waals surface area (Å²) in [5.74, 6) is 0.705. The summed E-state index contributed by atoms with van der Waals surface area (Å²) in [5.41, 5.74) is 0.981. The fourth-order valence-electron chi connectivity index (χ4n) is 1.61. The van der Waals surface area contributed by atoms with Gasteiger partial charge in [0.25, 0.3) is 0 Å². The lowest BCUT2D eigenvalue weighted by molar-refractivity contribution is -0.129. The number of rotatable bonds is 9. The molecule has 0 heterocycles. The van der Waals surface area contributed by atoms with Gasteiger partial charge >= 0.3 is 0 Å². The summed E-state index contributed by atoms with van der Waals surface area (Å²) in [4.78, 5) is 13.5. The van der Waals surface area contributed by atoms with Crippen LogP contribution in [0.4, 0.5) is 4.39 Å². The first-order valence-corrected chi connectivity index (χ1v) is 7.52. The zero-order valence-corrected chi connectivity index (χ0v) is 12.4. The third kappa shape index (κ3) is 6.36. The molecular formula is C14H20FNO3S. The van der Waals surface area contributed by atoms with Gasteiger partial charge in [0.15, 0.2) is 0 Å². The number of ether oxygens (including phenoxy) is 1. The highest BCUT2D eigenvalue weighted by Crippen LogP contribution is 2.13. The average Bonchev–Trinajstić information content (AvgIpc) is 2.45. The van der Waals surface area contributed by atoms with Gasteiger partial charge in [-0.3, -0.25) is 4.79 Å². The van der Waals surface area contributed by atoms with Crippen molar-refractivity contribution in [1.29, 1.82) is 0 Å². The van der Waals surface area contributed by atoms with Crippen LogP contribution in [0.25, 0.3) is 0 Å². The van der Waals surface area contributed by atoms with Gasteiger partial charge in [0.1, 0.15) is 5.82 Å². The SMILES string of the molecule is COCCN(CCO)C(=O)CSCc1ccc(F)cc1. The molecule has 4 nitrogen and oxygen atoms in total. The second kappa shape index (κ2) is 9.74. The molecule has 1 aromatic rings. The van der Waals surface area contributed by atoms with Crippen molar-refractivity contribution >= 4 is 17.7 Å². The summed E-state index contributed by atoms with van der Waals surface area (Å²) in [6.45, 7) is 1.19. The van der Waals surface area contributed by atoms with Crippen LogP contribution in [0.3, 0.4) is 0 Å². The molecule has 0 saturated carbocycles. The van der Waals surface area contributed by atoms with Crippen molar-refractivity contribution in [2.45, 2.75) is 5.75 Å². The Bertz CT molecular complexity index is 400. The van der Waals surface area contributed by atoms with Crippen LogP contribution in [0.15, 0.2) is 24.3 Å². The van der Waals surface area contributed by atoms with Crippen LogP contribution in [0.2, 0.25) is 0 Å². The normalized spacial score (nSPS) is 10.6. The Kier molecular flexibility index (Phi) is 8.25. The van der Waals surface area contributed by atoms with E-state index in [0.717, 1.165) is 5.56 Å². The van der Waals surface area contributed by atoms with E-state index in [1.807, 2.05) is 0 Å². The Balaban J connectivity index is 2.34. The lowest BCUT2D eigenvalue weighted by atomic mass is 10.2. The molecule has 1 N–H and O–H groups in total. The molecule has 0 radical (unpaired) electrons. The first kappa shape index (κ1) is 16.9. The molecule has 0 aliphatic heterocycles. The summed E-state index contributed by atoms with van der Waals surface area (Å²) >= 11 is 1.47. The van der Waals surface area contributed by atoms with Crippen molar-refractivity contribution < 1.29 is 19.0 Å². The van der Waals surface area contributed by atoms with Gasteiger partial charge in [-0.25, -0.2) is 4.39 Å². The zero-order valence-electron chi connectivity index (χ0n) is 11.5. The molecule has 0 aliphatic rings. The van der Waals surface area contributed by atoms with E-state index in [9.17, 15) is 9.18 Å². The maximum Gasteiger partial charge on any atom is 0.232 e. The molecule has 6 heteroatoms. The number of aliphatic hydroxyl groups is 1. The van der Waals surface area contributed by atoms with Gasteiger partial charge in [0, 0.05) is 26.0 Å². The van der Waals surface area contributed by atoms with E-state index in [-0.39, 0.29) is 18.3 Å². The Hall–Kier alpha value is -1.11. The van der Waals surface area contributed by atoms with Crippen molar-refractivity contribution in [3.8, 4) is 0 Å². The first-order chi connectivity index (χ1) is 9.67. The fraction of sp³-hybridized carbons (Fsp3) is 0.500. The van der Waals surface area contributed by atoms with Crippen molar-refractivity contribution in [3.05, 3.63) is 35.6 Å². The van der Waals surface area contributed by atoms with Crippen LogP contribution < -0.4 is 0 Å². The van der Waals surface area contributed by atoms with Gasteiger partial charge in [0.2, 0.25) is 5.91 Å². The zero-order chi connectivity index (χ0) is 14.8. The van der Waals surface area contributed by atoms with Crippen LogP contribution in [0, 0.1) is 5.82 Å². The quantitative estimate of drug-likeness (QED) is 0.751. The number of methoxy groups -OCH3 is 1. The van der Waals surface area contributed by atoms with E-state index >= 15 is 0 Å². The molecule has 112 valence electrons. The highest BCUT2D eigenvalue weighted by Gasteiger charge is 2.12. The van der Waals surface area contributed by atoms with Gasteiger partial charge in [-0.1, -0.05) is 12.1 Å². The molecular weight excluding hydrogens is 281 g/mol. The lowest BCUT2D eigenvalue weighted by Crippen LogP contribution is -2.37. The second-order valence-corrected chi connectivity index (χ2v) is 5.20. The minimum atomic E-state index is -0.261. The summed E-state index contributed by atoms with van der Waals surface area (Å²) in [6, 6.07) is 6.25. The van der Waals surface area contributed by atoms with Crippen molar-refractivity contribution in [1.82, 2.24) is 4.90 Å². The van der Waals surface area contributed by atoms with Crippen molar-refractivity contribution in [2.24, 2.45) is 0 Å². The number of carbonyl (C=O) groups is 1. The maximum atomic E-state index is 12.7. The molecule has 0 atom stereocenters. The number of aliphatic hydroxyl groups excluding tert-OH is 1. The number of hydrogen-bond acceptors (Lipinski definition) is 4. The third-order valence-corrected chi connectivity index (χ3v) is 3.68. The fourth-order valence-corrected chi connectivity index (χ4v) is 2.50.